The van der Waals surface area contributed by atoms with E-state index in [0.717, 1.165) is 17.0 Å². The van der Waals surface area contributed by atoms with Crippen LogP contribution in [0.3, 0.4) is 0 Å². The molecule has 0 aliphatic carbocycles. The fourth-order valence-electron chi connectivity index (χ4n) is 1.33. The van der Waals surface area contributed by atoms with Crippen LogP contribution in [-0.4, -0.2) is 0 Å². The number of benzene rings is 1. The van der Waals surface area contributed by atoms with E-state index in [1.54, 1.807) is 11.4 Å². The average molecular weight is 250 g/mol. The molecule has 1 aromatic carbocycles. The molecular weight excluding hydrogens is 242 g/mol. The highest BCUT2D eigenvalue weighted by molar-refractivity contribution is 7.10. The average Bonchev–Trinajstić information content (AvgIpc) is 2.79. The van der Waals surface area contributed by atoms with Gasteiger partial charge in [0, 0.05) is 28.6 Å². The van der Waals surface area contributed by atoms with Crippen molar-refractivity contribution in [3.05, 3.63) is 51.7 Å². The summed E-state index contributed by atoms with van der Waals surface area (Å²) in [5, 5.41) is 13.4. The van der Waals surface area contributed by atoms with Crippen molar-refractivity contribution in [2.45, 2.75) is 6.54 Å². The van der Waals surface area contributed by atoms with Crippen molar-refractivity contribution in [1.82, 2.24) is 0 Å². The second-order valence-corrected chi connectivity index (χ2v) is 4.39. The number of hydrogen-bond acceptors (Lipinski definition) is 3. The van der Waals surface area contributed by atoms with Crippen LogP contribution in [0.2, 0.25) is 0 Å². The van der Waals surface area contributed by atoms with Gasteiger partial charge in [-0.2, -0.15) is 5.26 Å². The first-order valence-corrected chi connectivity index (χ1v) is 5.73. The molecule has 0 amide bonds. The largest absolute Gasteiger partial charge is 0.380 e. The quantitative estimate of drug-likeness (QED) is 0.904. The molecule has 0 saturated carbocycles. The maximum atomic E-state index is 12.9. The molecule has 1 heterocycles. The van der Waals surface area contributed by atoms with Gasteiger partial charge in [-0.1, -0.05) is 0 Å². The first-order valence-electron chi connectivity index (χ1n) is 4.85. The van der Waals surface area contributed by atoms with E-state index in [1.165, 1.54) is 17.4 Å². The summed E-state index contributed by atoms with van der Waals surface area (Å²) in [5.74, 6) is -1.74. The number of thiophene rings is 1. The monoisotopic (exact) mass is 250 g/mol. The predicted octanol–water partition coefficient (Wildman–Crippen LogP) is 3.51. The van der Waals surface area contributed by atoms with Gasteiger partial charge in [0.25, 0.3) is 0 Å². The van der Waals surface area contributed by atoms with Crippen LogP contribution in [0.1, 0.15) is 10.4 Å². The van der Waals surface area contributed by atoms with Gasteiger partial charge in [-0.15, -0.1) is 11.3 Å². The number of rotatable bonds is 3. The summed E-state index contributed by atoms with van der Waals surface area (Å²) in [7, 11) is 0. The minimum absolute atomic E-state index is 0.484. The second-order valence-electron chi connectivity index (χ2n) is 3.40. The first kappa shape index (κ1) is 11.6. The summed E-state index contributed by atoms with van der Waals surface area (Å²) in [5.41, 5.74) is 1.12. The standard InChI is InChI=1S/C12H8F2N2S/c13-11-2-1-9(4-12(11)14)16-6-10-3-8(5-15)7-17-10/h1-4,7,16H,6H2. The van der Waals surface area contributed by atoms with E-state index >= 15 is 0 Å². The van der Waals surface area contributed by atoms with E-state index in [2.05, 4.69) is 5.32 Å². The Bertz CT molecular complexity index is 572. The molecule has 0 radical (unpaired) electrons. The highest BCUT2D eigenvalue weighted by Crippen LogP contribution is 2.17. The lowest BCUT2D eigenvalue weighted by molar-refractivity contribution is 0.509. The second kappa shape index (κ2) is 4.93. The lowest BCUT2D eigenvalue weighted by Gasteiger charge is -2.04. The third-order valence-electron chi connectivity index (χ3n) is 2.17. The Morgan fingerprint density at radius 3 is 2.71 bits per heavy atom. The molecule has 1 aromatic heterocycles. The van der Waals surface area contributed by atoms with Crippen LogP contribution in [0.15, 0.2) is 29.6 Å². The highest BCUT2D eigenvalue weighted by atomic mass is 32.1. The zero-order chi connectivity index (χ0) is 12.3. The Morgan fingerprint density at radius 1 is 1.24 bits per heavy atom. The molecule has 2 nitrogen and oxygen atoms in total. The summed E-state index contributed by atoms with van der Waals surface area (Å²) in [6.07, 6.45) is 0. The number of anilines is 1. The number of nitrogens with zero attached hydrogens (tertiary/aromatic N) is 1. The third kappa shape index (κ3) is 2.80. The molecule has 2 aromatic rings. The fraction of sp³-hybridized carbons (Fsp3) is 0.0833. The van der Waals surface area contributed by atoms with E-state index < -0.39 is 11.6 Å². The predicted molar refractivity (Wildman–Crippen MR) is 62.7 cm³/mol. The Morgan fingerprint density at radius 2 is 2.06 bits per heavy atom. The van der Waals surface area contributed by atoms with Crippen molar-refractivity contribution in [2.24, 2.45) is 0 Å². The molecule has 0 atom stereocenters. The molecule has 0 aliphatic rings. The van der Waals surface area contributed by atoms with E-state index in [-0.39, 0.29) is 0 Å². The van der Waals surface area contributed by atoms with Crippen molar-refractivity contribution in [1.29, 1.82) is 5.26 Å². The van der Waals surface area contributed by atoms with Crippen molar-refractivity contribution in [3.8, 4) is 6.07 Å². The van der Waals surface area contributed by atoms with Crippen LogP contribution >= 0.6 is 11.3 Å². The zero-order valence-electron chi connectivity index (χ0n) is 8.71. The van der Waals surface area contributed by atoms with Gasteiger partial charge in [0.2, 0.25) is 0 Å². The lowest BCUT2D eigenvalue weighted by atomic mass is 10.3. The Balaban J connectivity index is 2.02. The fourth-order valence-corrected chi connectivity index (χ4v) is 2.08. The summed E-state index contributed by atoms with van der Waals surface area (Å²) >= 11 is 1.45. The van der Waals surface area contributed by atoms with Gasteiger partial charge in [-0.05, 0) is 18.2 Å². The summed E-state index contributed by atoms with van der Waals surface area (Å²) in [4.78, 5) is 0.964. The van der Waals surface area contributed by atoms with Gasteiger partial charge in [0.05, 0.1) is 5.56 Å². The smallest absolute Gasteiger partial charge is 0.160 e. The molecule has 0 spiro atoms. The molecule has 0 unspecified atom stereocenters. The van der Waals surface area contributed by atoms with Gasteiger partial charge in [-0.25, -0.2) is 8.78 Å². The molecular formula is C12H8F2N2S. The van der Waals surface area contributed by atoms with E-state index in [0.29, 0.717) is 17.8 Å². The SMILES string of the molecule is N#Cc1csc(CNc2ccc(F)c(F)c2)c1. The van der Waals surface area contributed by atoms with Gasteiger partial charge in [0.1, 0.15) is 6.07 Å². The minimum Gasteiger partial charge on any atom is -0.380 e. The Labute approximate surface area is 101 Å². The van der Waals surface area contributed by atoms with Crippen LogP contribution in [0, 0.1) is 23.0 Å². The number of nitriles is 1. The topological polar surface area (TPSA) is 35.8 Å². The van der Waals surface area contributed by atoms with Crippen molar-refractivity contribution >= 4 is 17.0 Å². The minimum atomic E-state index is -0.876. The Hall–Kier alpha value is -1.93. The van der Waals surface area contributed by atoms with Gasteiger partial charge in [-0.3, -0.25) is 0 Å². The Kier molecular flexibility index (Phi) is 3.35. The molecule has 5 heteroatoms. The number of halogens is 2. The number of hydrogen-bond donors (Lipinski definition) is 1. The number of nitrogens with one attached hydrogen (secondary N) is 1. The van der Waals surface area contributed by atoms with Gasteiger partial charge >= 0.3 is 0 Å². The highest BCUT2D eigenvalue weighted by Gasteiger charge is 2.03. The van der Waals surface area contributed by atoms with Crippen LogP contribution in [0.4, 0.5) is 14.5 Å². The van der Waals surface area contributed by atoms with Crippen LogP contribution in [0.25, 0.3) is 0 Å². The van der Waals surface area contributed by atoms with Crippen molar-refractivity contribution in [2.75, 3.05) is 5.32 Å². The third-order valence-corrected chi connectivity index (χ3v) is 3.11. The lowest BCUT2D eigenvalue weighted by Crippen LogP contribution is -1.98. The van der Waals surface area contributed by atoms with E-state index in [4.69, 9.17) is 5.26 Å². The maximum Gasteiger partial charge on any atom is 0.160 e. The molecule has 86 valence electrons. The van der Waals surface area contributed by atoms with Crippen LogP contribution < -0.4 is 5.32 Å². The van der Waals surface area contributed by atoms with E-state index in [1.807, 2.05) is 6.07 Å². The molecule has 0 aliphatic heterocycles. The summed E-state index contributed by atoms with van der Waals surface area (Å²) < 4.78 is 25.6. The van der Waals surface area contributed by atoms with Gasteiger partial charge in [0.15, 0.2) is 11.6 Å². The molecule has 1 N–H and O–H groups in total. The van der Waals surface area contributed by atoms with Crippen LogP contribution in [-0.2, 0) is 6.54 Å². The summed E-state index contributed by atoms with van der Waals surface area (Å²) in [6.45, 7) is 0.484. The molecule has 0 saturated heterocycles. The van der Waals surface area contributed by atoms with E-state index in [9.17, 15) is 8.78 Å². The molecule has 0 bridgehead atoms. The molecule has 17 heavy (non-hydrogen) atoms. The molecule has 2 rings (SSSR count). The molecule has 0 fully saturated rings. The first-order chi connectivity index (χ1) is 8.19. The van der Waals surface area contributed by atoms with Crippen LogP contribution in [0.5, 0.6) is 0 Å². The normalized spacial score (nSPS) is 9.94. The zero-order valence-corrected chi connectivity index (χ0v) is 9.52. The summed E-state index contributed by atoms with van der Waals surface area (Å²) in [6, 6.07) is 7.45. The van der Waals surface area contributed by atoms with Crippen molar-refractivity contribution in [3.63, 3.8) is 0 Å². The van der Waals surface area contributed by atoms with Gasteiger partial charge < -0.3 is 5.32 Å². The van der Waals surface area contributed by atoms with Crippen molar-refractivity contribution < 1.29 is 8.78 Å². The maximum absolute atomic E-state index is 12.9.